The van der Waals surface area contributed by atoms with Crippen molar-refractivity contribution in [1.29, 1.82) is 0 Å². The summed E-state index contributed by atoms with van der Waals surface area (Å²) in [6.45, 7) is 7.37. The van der Waals surface area contributed by atoms with Crippen LogP contribution in [0.3, 0.4) is 0 Å². The smallest absolute Gasteiger partial charge is 0.426 e. The normalized spacial score (nSPS) is 13.5. The second kappa shape index (κ2) is 13.8. The maximum Gasteiger partial charge on any atom is 0.475 e. The zero-order valence-electron chi connectivity index (χ0n) is 22.7. The van der Waals surface area contributed by atoms with Crippen LogP contribution in [-0.4, -0.2) is 62.9 Å². The Balaban J connectivity index is 1.84. The van der Waals surface area contributed by atoms with Gasteiger partial charge in [0.05, 0.1) is 12.1 Å². The first-order chi connectivity index (χ1) is 18.5. The van der Waals surface area contributed by atoms with E-state index in [0.717, 1.165) is 16.3 Å². The van der Waals surface area contributed by atoms with Crippen LogP contribution >= 0.6 is 0 Å². The summed E-state index contributed by atoms with van der Waals surface area (Å²) in [4.78, 5) is 47.4. The highest BCUT2D eigenvalue weighted by atomic mass is 16.4. The van der Waals surface area contributed by atoms with Crippen LogP contribution in [0.4, 0.5) is 0 Å². The van der Waals surface area contributed by atoms with Gasteiger partial charge in [0.25, 0.3) is 5.91 Å². The maximum absolute atomic E-state index is 13.4. The summed E-state index contributed by atoms with van der Waals surface area (Å²) in [6.07, 6.45) is 4.61. The topological polar surface area (TPSA) is 154 Å². The summed E-state index contributed by atoms with van der Waals surface area (Å²) in [5.74, 6) is -2.79. The summed E-state index contributed by atoms with van der Waals surface area (Å²) in [5, 5.41) is 29.9. The zero-order valence-corrected chi connectivity index (χ0v) is 22.7. The van der Waals surface area contributed by atoms with E-state index in [1.54, 1.807) is 13.8 Å². The Labute approximate surface area is 228 Å². The predicted molar refractivity (Wildman–Crippen MR) is 149 cm³/mol. The van der Waals surface area contributed by atoms with Gasteiger partial charge in [-0.1, -0.05) is 70.2 Å². The van der Waals surface area contributed by atoms with Crippen molar-refractivity contribution in [2.24, 2.45) is 11.8 Å². The Morgan fingerprint density at radius 1 is 0.897 bits per heavy atom. The van der Waals surface area contributed by atoms with Crippen molar-refractivity contribution in [3.63, 3.8) is 0 Å². The number of nitrogens with one attached hydrogen (secondary N) is 3. The van der Waals surface area contributed by atoms with Gasteiger partial charge < -0.3 is 26.0 Å². The number of carbonyl (C=O) groups is 3. The van der Waals surface area contributed by atoms with Crippen molar-refractivity contribution in [2.45, 2.75) is 58.6 Å². The van der Waals surface area contributed by atoms with E-state index in [-0.39, 0.29) is 24.0 Å². The van der Waals surface area contributed by atoms with Gasteiger partial charge in [-0.3, -0.25) is 19.4 Å². The molecule has 0 bridgehead atoms. The van der Waals surface area contributed by atoms with Crippen LogP contribution in [0, 0.1) is 11.8 Å². The van der Waals surface area contributed by atoms with E-state index in [4.69, 9.17) is 0 Å². The minimum absolute atomic E-state index is 0.0647. The summed E-state index contributed by atoms with van der Waals surface area (Å²) in [7, 11) is -1.76. The Morgan fingerprint density at radius 3 is 2.23 bits per heavy atom. The highest BCUT2D eigenvalue weighted by molar-refractivity contribution is 6.43. The molecule has 1 heterocycles. The largest absolute Gasteiger partial charge is 0.475 e. The van der Waals surface area contributed by atoms with Crippen molar-refractivity contribution < 1.29 is 24.4 Å². The monoisotopic (exact) mass is 533 g/mol. The predicted octanol–water partition coefficient (Wildman–Crippen LogP) is 1.65. The molecule has 206 valence electrons. The molecular formula is C28H36BN5O5. The fourth-order valence-corrected chi connectivity index (χ4v) is 4.29. The standard InChI is InChI=1S/C28H36BN5O5/c1-17(2)13-24(29(38)39)33-26(35)22(15-19-9-10-20-7-5-6-8-21(20)14-19)32-28(37)25(18(3)4)34-27(36)23-16-30-11-12-31-23/h5-12,14,16-18,22,24-25,38-39H,13,15H2,1-4H3,(H,32,37)(H,33,35)(H,34,36)/t22-,24-,25?/m0/s1. The SMILES string of the molecule is CC(C)C[C@H](NC(=O)[C@H](Cc1ccc2ccccc2c1)NC(=O)C(NC(=O)c1cnccn1)C(C)C)B(O)O. The number of aromatic nitrogens is 2. The minimum atomic E-state index is -1.76. The second-order valence-electron chi connectivity index (χ2n) is 10.4. The number of hydrogen-bond acceptors (Lipinski definition) is 7. The molecule has 0 aliphatic heterocycles. The Hall–Kier alpha value is -3.83. The van der Waals surface area contributed by atoms with Crippen molar-refractivity contribution in [1.82, 2.24) is 25.9 Å². The number of nitrogens with zero attached hydrogens (tertiary/aromatic N) is 2. The van der Waals surface area contributed by atoms with Gasteiger partial charge in [-0.2, -0.15) is 0 Å². The summed E-state index contributed by atoms with van der Waals surface area (Å²) in [6, 6.07) is 11.6. The molecule has 11 heteroatoms. The lowest BCUT2D eigenvalue weighted by atomic mass is 9.75. The van der Waals surface area contributed by atoms with Crippen LogP contribution in [0.15, 0.2) is 61.1 Å². The third-order valence-corrected chi connectivity index (χ3v) is 6.33. The Bertz CT molecular complexity index is 1270. The lowest BCUT2D eigenvalue weighted by Gasteiger charge is -2.27. The van der Waals surface area contributed by atoms with Gasteiger partial charge in [-0.15, -0.1) is 0 Å². The number of hydrogen-bond donors (Lipinski definition) is 5. The number of rotatable bonds is 12. The molecule has 0 fully saturated rings. The lowest BCUT2D eigenvalue weighted by molar-refractivity contribution is -0.130. The molecule has 39 heavy (non-hydrogen) atoms. The zero-order chi connectivity index (χ0) is 28.5. The maximum atomic E-state index is 13.4. The third kappa shape index (κ3) is 8.59. The van der Waals surface area contributed by atoms with Crippen LogP contribution < -0.4 is 16.0 Å². The van der Waals surface area contributed by atoms with Crippen LogP contribution in [0.5, 0.6) is 0 Å². The molecule has 2 aromatic carbocycles. The number of benzene rings is 2. The van der Waals surface area contributed by atoms with E-state index in [1.807, 2.05) is 56.3 Å². The summed E-state index contributed by atoms with van der Waals surface area (Å²) in [5.41, 5.74) is 0.874. The van der Waals surface area contributed by atoms with E-state index in [2.05, 4.69) is 25.9 Å². The minimum Gasteiger partial charge on any atom is -0.426 e. The van der Waals surface area contributed by atoms with Gasteiger partial charge in [-0.25, -0.2) is 4.98 Å². The highest BCUT2D eigenvalue weighted by Crippen LogP contribution is 2.17. The molecule has 3 rings (SSSR count). The fraction of sp³-hybridized carbons (Fsp3) is 0.393. The van der Waals surface area contributed by atoms with E-state index < -0.39 is 42.9 Å². The van der Waals surface area contributed by atoms with Crippen molar-refractivity contribution in [3.05, 3.63) is 72.3 Å². The quantitative estimate of drug-likeness (QED) is 0.222. The first kappa shape index (κ1) is 29.7. The summed E-state index contributed by atoms with van der Waals surface area (Å²) < 4.78 is 0. The number of amides is 3. The third-order valence-electron chi connectivity index (χ3n) is 6.33. The molecule has 0 aliphatic carbocycles. The lowest BCUT2D eigenvalue weighted by Crippen LogP contribution is -2.58. The molecule has 0 aliphatic rings. The van der Waals surface area contributed by atoms with E-state index in [0.29, 0.717) is 6.42 Å². The van der Waals surface area contributed by atoms with Gasteiger partial charge in [0.15, 0.2) is 0 Å². The van der Waals surface area contributed by atoms with Gasteiger partial charge in [0, 0.05) is 18.8 Å². The summed E-state index contributed by atoms with van der Waals surface area (Å²) >= 11 is 0. The first-order valence-electron chi connectivity index (χ1n) is 13.1. The average Bonchev–Trinajstić information content (AvgIpc) is 2.90. The Kier molecular flexibility index (Phi) is 10.5. The molecule has 0 saturated carbocycles. The van der Waals surface area contributed by atoms with Crippen LogP contribution in [0.25, 0.3) is 10.8 Å². The molecule has 1 unspecified atom stereocenters. The molecule has 0 saturated heterocycles. The average molecular weight is 533 g/mol. The second-order valence-corrected chi connectivity index (χ2v) is 10.4. The van der Waals surface area contributed by atoms with Crippen molar-refractivity contribution in [3.8, 4) is 0 Å². The Morgan fingerprint density at radius 2 is 1.62 bits per heavy atom. The van der Waals surface area contributed by atoms with Gasteiger partial charge in [-0.05, 0) is 34.6 Å². The first-order valence-corrected chi connectivity index (χ1v) is 13.1. The van der Waals surface area contributed by atoms with Gasteiger partial charge >= 0.3 is 7.12 Å². The van der Waals surface area contributed by atoms with Gasteiger partial charge in [0.1, 0.15) is 17.8 Å². The molecule has 0 radical (unpaired) electrons. The number of carbonyl (C=O) groups excluding carboxylic acids is 3. The van der Waals surface area contributed by atoms with E-state index >= 15 is 0 Å². The van der Waals surface area contributed by atoms with E-state index in [1.165, 1.54) is 18.6 Å². The van der Waals surface area contributed by atoms with Crippen LogP contribution in [-0.2, 0) is 16.0 Å². The molecule has 5 N–H and O–H groups in total. The molecular weight excluding hydrogens is 497 g/mol. The molecule has 3 atom stereocenters. The molecule has 10 nitrogen and oxygen atoms in total. The highest BCUT2D eigenvalue weighted by Gasteiger charge is 2.33. The molecule has 0 spiro atoms. The molecule has 1 aromatic heterocycles. The van der Waals surface area contributed by atoms with Crippen LogP contribution in [0.1, 0.15) is 50.2 Å². The van der Waals surface area contributed by atoms with Crippen molar-refractivity contribution >= 4 is 35.6 Å². The van der Waals surface area contributed by atoms with Crippen molar-refractivity contribution in [2.75, 3.05) is 0 Å². The van der Waals surface area contributed by atoms with Gasteiger partial charge in [0.2, 0.25) is 11.8 Å². The molecule has 3 aromatic rings. The fourth-order valence-electron chi connectivity index (χ4n) is 4.29. The van der Waals surface area contributed by atoms with E-state index in [9.17, 15) is 24.4 Å². The van der Waals surface area contributed by atoms with Crippen LogP contribution in [0.2, 0.25) is 0 Å². The number of fused-ring (bicyclic) bond motifs is 1. The molecule has 3 amide bonds.